The summed E-state index contributed by atoms with van der Waals surface area (Å²) >= 11 is 0. The number of hydrogen-bond donors (Lipinski definition) is 0. The summed E-state index contributed by atoms with van der Waals surface area (Å²) in [6.07, 6.45) is 2.47. The van der Waals surface area contributed by atoms with Crippen molar-refractivity contribution >= 4 is 17.5 Å². The van der Waals surface area contributed by atoms with E-state index >= 15 is 0 Å². The minimum Gasteiger partial charge on any atom is -0.468 e. The molecular weight excluding hydrogens is 268 g/mol. The monoisotopic (exact) mass is 288 g/mol. The van der Waals surface area contributed by atoms with E-state index in [9.17, 15) is 14.4 Å². The summed E-state index contributed by atoms with van der Waals surface area (Å²) in [6.45, 7) is 10.9. The zero-order valence-electron chi connectivity index (χ0n) is 12.7. The highest BCUT2D eigenvalue weighted by molar-refractivity contribution is 6.26. The van der Waals surface area contributed by atoms with Crippen LogP contribution in [0, 0.1) is 10.8 Å². The van der Waals surface area contributed by atoms with Crippen molar-refractivity contribution in [3.63, 3.8) is 0 Å². The highest BCUT2D eigenvalue weighted by atomic mass is 16.5. The van der Waals surface area contributed by atoms with Crippen molar-refractivity contribution in [1.82, 2.24) is 0 Å². The minimum atomic E-state index is -1.40. The Hall–Kier alpha value is -1.97. The SMILES string of the molecule is C=CCC1=C(C)C2(C(=O)OC)CC(=C)CC(C)(C1=O)C2=O. The lowest BCUT2D eigenvalue weighted by Crippen LogP contribution is -2.59. The predicted octanol–water partition coefficient (Wildman–Crippen LogP) is 2.55. The van der Waals surface area contributed by atoms with Crippen LogP contribution < -0.4 is 0 Å². The van der Waals surface area contributed by atoms with E-state index in [1.165, 1.54) is 7.11 Å². The van der Waals surface area contributed by atoms with Crippen molar-refractivity contribution in [3.8, 4) is 0 Å². The van der Waals surface area contributed by atoms with E-state index in [2.05, 4.69) is 13.2 Å². The van der Waals surface area contributed by atoms with E-state index in [0.717, 1.165) is 5.57 Å². The molecule has 1 fully saturated rings. The normalized spacial score (nSPS) is 32.2. The number of methoxy groups -OCH3 is 1. The maximum Gasteiger partial charge on any atom is 0.323 e. The molecule has 1 saturated carbocycles. The molecule has 2 atom stereocenters. The van der Waals surface area contributed by atoms with E-state index in [0.29, 0.717) is 17.6 Å². The van der Waals surface area contributed by atoms with Gasteiger partial charge in [0.25, 0.3) is 0 Å². The van der Waals surface area contributed by atoms with E-state index in [-0.39, 0.29) is 24.4 Å². The third-order valence-electron chi connectivity index (χ3n) is 4.76. The average Bonchev–Trinajstić information content (AvgIpc) is 2.45. The molecule has 112 valence electrons. The minimum absolute atomic E-state index is 0.216. The van der Waals surface area contributed by atoms with Gasteiger partial charge in [-0.1, -0.05) is 18.2 Å². The topological polar surface area (TPSA) is 60.4 Å². The Kier molecular flexibility index (Phi) is 3.52. The molecule has 0 aromatic rings. The van der Waals surface area contributed by atoms with Crippen LogP contribution in [0.3, 0.4) is 0 Å². The van der Waals surface area contributed by atoms with E-state index < -0.39 is 16.8 Å². The van der Waals surface area contributed by atoms with Crippen LogP contribution in [0.4, 0.5) is 0 Å². The molecule has 0 aromatic heterocycles. The standard InChI is InChI=1S/C17H20O4/c1-6-7-12-11(3)17(15(20)21-5)9-10(2)8-16(4,13(12)18)14(17)19/h6H,1-2,7-9H2,3-5H3. The maximum atomic E-state index is 12.9. The van der Waals surface area contributed by atoms with Gasteiger partial charge in [0, 0.05) is 5.57 Å². The Labute approximate surface area is 124 Å². The van der Waals surface area contributed by atoms with Crippen LogP contribution >= 0.6 is 0 Å². The molecule has 0 spiro atoms. The highest BCUT2D eigenvalue weighted by Crippen LogP contribution is 2.55. The molecule has 2 aliphatic rings. The fourth-order valence-electron chi connectivity index (χ4n) is 3.70. The summed E-state index contributed by atoms with van der Waals surface area (Å²) in [6, 6.07) is 0. The molecule has 2 aliphatic carbocycles. The molecular formula is C17H20O4. The van der Waals surface area contributed by atoms with Crippen molar-refractivity contribution < 1.29 is 19.1 Å². The summed E-state index contributed by atoms with van der Waals surface area (Å²) < 4.78 is 4.89. The fraction of sp³-hybridized carbons (Fsp3) is 0.471. The van der Waals surface area contributed by atoms with Crippen LogP contribution in [-0.4, -0.2) is 24.6 Å². The maximum absolute atomic E-state index is 12.9. The van der Waals surface area contributed by atoms with E-state index in [1.807, 2.05) is 0 Å². The Morgan fingerprint density at radius 3 is 2.52 bits per heavy atom. The predicted molar refractivity (Wildman–Crippen MR) is 78.5 cm³/mol. The average molecular weight is 288 g/mol. The summed E-state index contributed by atoms with van der Waals surface area (Å²) in [5.74, 6) is -1.18. The molecule has 0 heterocycles. The summed E-state index contributed by atoms with van der Waals surface area (Å²) in [5, 5.41) is 0. The van der Waals surface area contributed by atoms with E-state index in [4.69, 9.17) is 4.74 Å². The number of ketones is 2. The van der Waals surface area contributed by atoms with Gasteiger partial charge in [-0.3, -0.25) is 14.4 Å². The first-order chi connectivity index (χ1) is 9.75. The van der Waals surface area contributed by atoms with Gasteiger partial charge in [0.05, 0.1) is 12.5 Å². The fourth-order valence-corrected chi connectivity index (χ4v) is 3.70. The highest BCUT2D eigenvalue weighted by Gasteiger charge is 2.64. The molecule has 2 bridgehead atoms. The van der Waals surface area contributed by atoms with Crippen LogP contribution in [0.2, 0.25) is 0 Å². The molecule has 0 aliphatic heterocycles. The first kappa shape index (κ1) is 15.4. The molecule has 0 amide bonds. The number of carbonyl (C=O) groups is 3. The van der Waals surface area contributed by atoms with Crippen molar-refractivity contribution in [2.75, 3.05) is 7.11 Å². The summed E-state index contributed by atoms with van der Waals surface area (Å²) in [7, 11) is 1.26. The Balaban J connectivity index is 2.82. The molecule has 4 nitrogen and oxygen atoms in total. The molecule has 2 unspecified atom stereocenters. The lowest BCUT2D eigenvalue weighted by atomic mass is 9.51. The summed E-state index contributed by atoms with van der Waals surface area (Å²) in [5.41, 5.74) is -0.896. The van der Waals surface area contributed by atoms with Gasteiger partial charge in [0.2, 0.25) is 0 Å². The van der Waals surface area contributed by atoms with Gasteiger partial charge in [-0.15, -0.1) is 6.58 Å². The van der Waals surface area contributed by atoms with Crippen LogP contribution in [0.1, 0.15) is 33.1 Å². The van der Waals surface area contributed by atoms with Gasteiger partial charge in [-0.25, -0.2) is 0 Å². The van der Waals surface area contributed by atoms with Crippen molar-refractivity contribution in [1.29, 1.82) is 0 Å². The molecule has 0 saturated heterocycles. The number of allylic oxidation sites excluding steroid dienone is 3. The van der Waals surface area contributed by atoms with Gasteiger partial charge in [0.15, 0.2) is 17.0 Å². The zero-order chi connectivity index (χ0) is 16.0. The van der Waals surface area contributed by atoms with Gasteiger partial charge in [-0.05, 0) is 38.7 Å². The summed E-state index contributed by atoms with van der Waals surface area (Å²) in [4.78, 5) is 38.1. The van der Waals surface area contributed by atoms with Crippen LogP contribution in [0.5, 0.6) is 0 Å². The zero-order valence-corrected chi connectivity index (χ0v) is 12.7. The number of fused-ring (bicyclic) bond motifs is 2. The number of carbonyl (C=O) groups excluding carboxylic acids is 3. The first-order valence-corrected chi connectivity index (χ1v) is 6.91. The van der Waals surface area contributed by atoms with Gasteiger partial charge in [-0.2, -0.15) is 0 Å². The van der Waals surface area contributed by atoms with Crippen LogP contribution in [0.25, 0.3) is 0 Å². The van der Waals surface area contributed by atoms with Crippen LogP contribution in [-0.2, 0) is 19.1 Å². The Morgan fingerprint density at radius 2 is 2.00 bits per heavy atom. The molecule has 4 heteroatoms. The lowest BCUT2D eigenvalue weighted by molar-refractivity contribution is -0.163. The number of esters is 1. The third-order valence-corrected chi connectivity index (χ3v) is 4.76. The molecule has 0 aromatic carbocycles. The largest absolute Gasteiger partial charge is 0.468 e. The lowest BCUT2D eigenvalue weighted by Gasteiger charge is -2.48. The van der Waals surface area contributed by atoms with Crippen molar-refractivity contribution in [3.05, 3.63) is 36.0 Å². The Bertz CT molecular complexity index is 610. The van der Waals surface area contributed by atoms with Gasteiger partial charge < -0.3 is 4.74 Å². The second-order valence-corrected chi connectivity index (χ2v) is 6.09. The first-order valence-electron chi connectivity index (χ1n) is 6.91. The van der Waals surface area contributed by atoms with Crippen molar-refractivity contribution in [2.24, 2.45) is 10.8 Å². The third kappa shape index (κ3) is 1.78. The van der Waals surface area contributed by atoms with Crippen LogP contribution in [0.15, 0.2) is 36.0 Å². The van der Waals surface area contributed by atoms with Gasteiger partial charge in [0.1, 0.15) is 0 Å². The smallest absolute Gasteiger partial charge is 0.323 e. The number of Topliss-reactive ketones (excluding diaryl/α,β-unsaturated/α-hetero) is 2. The van der Waals surface area contributed by atoms with Gasteiger partial charge >= 0.3 is 5.97 Å². The number of rotatable bonds is 3. The second-order valence-electron chi connectivity index (χ2n) is 6.09. The molecule has 0 radical (unpaired) electrons. The molecule has 21 heavy (non-hydrogen) atoms. The Morgan fingerprint density at radius 1 is 1.38 bits per heavy atom. The quantitative estimate of drug-likeness (QED) is 0.455. The van der Waals surface area contributed by atoms with E-state index in [1.54, 1.807) is 19.9 Å². The molecule has 2 rings (SSSR count). The second kappa shape index (κ2) is 4.79. The molecule has 0 N–H and O–H groups in total. The van der Waals surface area contributed by atoms with Crippen molar-refractivity contribution in [2.45, 2.75) is 33.1 Å². The number of ether oxygens (including phenoxy) is 1. The number of hydrogen-bond acceptors (Lipinski definition) is 4.